The van der Waals surface area contributed by atoms with E-state index in [1.54, 1.807) is 0 Å². The normalized spacial score (nSPS) is 24.5. The maximum absolute atomic E-state index is 13.7. The first kappa shape index (κ1) is 27.8. The summed E-state index contributed by atoms with van der Waals surface area (Å²) in [6, 6.07) is 7.64. The lowest BCUT2D eigenvalue weighted by atomic mass is 9.77. The van der Waals surface area contributed by atoms with Gasteiger partial charge in [-0.15, -0.1) is 0 Å². The van der Waals surface area contributed by atoms with Crippen LogP contribution >= 0.6 is 0 Å². The lowest BCUT2D eigenvalue weighted by Crippen LogP contribution is -2.56. The van der Waals surface area contributed by atoms with Crippen LogP contribution in [0.5, 0.6) is 0 Å². The second-order valence-corrected chi connectivity index (χ2v) is 9.53. The third-order valence-corrected chi connectivity index (χ3v) is 7.19. The summed E-state index contributed by atoms with van der Waals surface area (Å²) in [5.41, 5.74) is 2.45. The third-order valence-electron chi connectivity index (χ3n) is 7.19. The van der Waals surface area contributed by atoms with Crippen LogP contribution in [0.1, 0.15) is 47.3 Å². The first-order valence-corrected chi connectivity index (χ1v) is 12.0. The van der Waals surface area contributed by atoms with Crippen LogP contribution in [0.4, 0.5) is 23.7 Å². The topological polar surface area (TPSA) is 159 Å². The van der Waals surface area contributed by atoms with Crippen LogP contribution in [0, 0.1) is 11.8 Å². The average molecular weight is 547 g/mol. The highest BCUT2D eigenvalue weighted by Crippen LogP contribution is 2.51. The Kier molecular flexibility index (Phi) is 7.21. The van der Waals surface area contributed by atoms with Gasteiger partial charge in [0.25, 0.3) is 0 Å². The Morgan fingerprint density at radius 1 is 1.10 bits per heavy atom. The number of benzene rings is 2. The van der Waals surface area contributed by atoms with Gasteiger partial charge in [0.15, 0.2) is 5.78 Å². The Morgan fingerprint density at radius 2 is 1.77 bits per heavy atom. The number of carboxylic acids is 1. The molecule has 0 aromatic heterocycles. The number of rotatable bonds is 8. The number of carboxylic acid groups (broad SMARTS) is 1. The number of nitrogens with zero attached hydrogens (tertiary/aromatic N) is 1. The van der Waals surface area contributed by atoms with E-state index in [1.165, 1.54) is 37.3 Å². The molecular formula is C26H25F3N4O6. The quantitative estimate of drug-likeness (QED) is 0.225. The van der Waals surface area contributed by atoms with Gasteiger partial charge in [-0.05, 0) is 61.7 Å². The SMILES string of the molecule is CC(=O)c1ccc(N2C(=O)C3C(c4cccc(C(F)(F)F)c4)NC(CCCNC(N)=O)(C(=O)O)C3C2=O)cc1. The highest BCUT2D eigenvalue weighted by atomic mass is 19.4. The van der Waals surface area contributed by atoms with Gasteiger partial charge in [0.05, 0.1) is 23.1 Å². The zero-order valence-electron chi connectivity index (χ0n) is 20.6. The van der Waals surface area contributed by atoms with Crippen molar-refractivity contribution in [2.75, 3.05) is 11.4 Å². The Bertz CT molecular complexity index is 1350. The zero-order valence-corrected chi connectivity index (χ0v) is 20.6. The lowest BCUT2D eigenvalue weighted by molar-refractivity contribution is -0.149. The molecule has 2 aliphatic heterocycles. The van der Waals surface area contributed by atoms with Gasteiger partial charge in [-0.25, -0.2) is 9.69 Å². The number of hydrogen-bond acceptors (Lipinski definition) is 6. The van der Waals surface area contributed by atoms with Crippen LogP contribution in [0.25, 0.3) is 0 Å². The van der Waals surface area contributed by atoms with Crippen LogP contribution in [0.3, 0.4) is 0 Å². The summed E-state index contributed by atoms with van der Waals surface area (Å²) >= 11 is 0. The maximum Gasteiger partial charge on any atom is 0.416 e. The number of amides is 4. The average Bonchev–Trinajstić information content (AvgIpc) is 3.35. The highest BCUT2D eigenvalue weighted by Gasteiger charge is 2.68. The Labute approximate surface area is 220 Å². The molecule has 5 N–H and O–H groups in total. The van der Waals surface area contributed by atoms with E-state index >= 15 is 0 Å². The molecular weight excluding hydrogens is 521 g/mol. The van der Waals surface area contributed by atoms with Crippen molar-refractivity contribution in [3.05, 3.63) is 65.2 Å². The van der Waals surface area contributed by atoms with Crippen molar-refractivity contribution in [3.8, 4) is 0 Å². The molecule has 0 saturated carbocycles. The van der Waals surface area contributed by atoms with Crippen molar-refractivity contribution in [2.45, 2.75) is 37.5 Å². The molecule has 2 fully saturated rings. The van der Waals surface area contributed by atoms with Gasteiger partial charge in [0.1, 0.15) is 5.54 Å². The summed E-state index contributed by atoms with van der Waals surface area (Å²) in [4.78, 5) is 63.7. The van der Waals surface area contributed by atoms with Crippen LogP contribution in [-0.4, -0.2) is 46.8 Å². The van der Waals surface area contributed by atoms with Gasteiger partial charge in [0, 0.05) is 18.2 Å². The Morgan fingerprint density at radius 3 is 2.33 bits per heavy atom. The molecule has 4 amide bonds. The van der Waals surface area contributed by atoms with E-state index in [2.05, 4.69) is 10.6 Å². The summed E-state index contributed by atoms with van der Waals surface area (Å²) in [7, 11) is 0. The molecule has 2 saturated heterocycles. The largest absolute Gasteiger partial charge is 0.480 e. The lowest BCUT2D eigenvalue weighted by Gasteiger charge is -2.31. The number of carbonyl (C=O) groups is 5. The number of anilines is 1. The monoisotopic (exact) mass is 546 g/mol. The van der Waals surface area contributed by atoms with Crippen LogP contribution in [0.15, 0.2) is 48.5 Å². The second kappa shape index (κ2) is 10.1. The predicted molar refractivity (Wildman–Crippen MR) is 130 cm³/mol. The molecule has 0 bridgehead atoms. The van der Waals surface area contributed by atoms with E-state index in [-0.39, 0.29) is 36.4 Å². The van der Waals surface area contributed by atoms with E-state index in [0.717, 1.165) is 23.1 Å². The van der Waals surface area contributed by atoms with Gasteiger partial charge in [-0.3, -0.25) is 24.5 Å². The van der Waals surface area contributed by atoms with Gasteiger partial charge in [0.2, 0.25) is 11.8 Å². The first-order valence-electron chi connectivity index (χ1n) is 12.0. The van der Waals surface area contributed by atoms with Crippen LogP contribution < -0.4 is 21.3 Å². The van der Waals surface area contributed by atoms with Crippen molar-refractivity contribution >= 4 is 35.3 Å². The van der Waals surface area contributed by atoms with Crippen molar-refractivity contribution in [3.63, 3.8) is 0 Å². The molecule has 2 heterocycles. The van der Waals surface area contributed by atoms with E-state index in [1.807, 2.05) is 0 Å². The summed E-state index contributed by atoms with van der Waals surface area (Å²) < 4.78 is 40.4. The standard InChI is InChI=1S/C26H25F3N4O6/c1-13(34)14-6-8-17(9-7-14)33-21(35)18-19(22(33)36)25(23(37)38,10-3-11-31-24(30)39)32-20(18)15-4-2-5-16(12-15)26(27,28)29/h2,4-9,12,18-20,32H,3,10-11H2,1H3,(H,37,38)(H3,30,31,39). The van der Waals surface area contributed by atoms with Gasteiger partial charge >= 0.3 is 18.2 Å². The number of primary amides is 1. The summed E-state index contributed by atoms with van der Waals surface area (Å²) in [5.74, 6) is -6.15. The number of fused-ring (bicyclic) bond motifs is 1. The molecule has 13 heteroatoms. The third kappa shape index (κ3) is 4.97. The Hall–Kier alpha value is -4.26. The smallest absolute Gasteiger partial charge is 0.416 e. The number of urea groups is 1. The van der Waals surface area contributed by atoms with Crippen molar-refractivity contribution in [2.24, 2.45) is 17.6 Å². The highest BCUT2D eigenvalue weighted by molar-refractivity contribution is 6.24. The van der Waals surface area contributed by atoms with E-state index in [4.69, 9.17) is 5.73 Å². The summed E-state index contributed by atoms with van der Waals surface area (Å²) in [6.07, 6.45) is -4.90. The molecule has 0 spiro atoms. The number of nitrogens with one attached hydrogen (secondary N) is 2. The van der Waals surface area contributed by atoms with Crippen LogP contribution in [0.2, 0.25) is 0 Å². The molecule has 4 rings (SSSR count). The molecule has 206 valence electrons. The zero-order chi connectivity index (χ0) is 28.7. The Balaban J connectivity index is 1.80. The van der Waals surface area contributed by atoms with Gasteiger partial charge in [-0.2, -0.15) is 13.2 Å². The predicted octanol–water partition coefficient (Wildman–Crippen LogP) is 2.63. The molecule has 0 aliphatic carbocycles. The fourth-order valence-corrected chi connectivity index (χ4v) is 5.41. The summed E-state index contributed by atoms with van der Waals surface area (Å²) in [5, 5.41) is 15.5. The molecule has 4 atom stereocenters. The number of Topliss-reactive ketones (excluding diaryl/α,β-unsaturated/α-hetero) is 1. The second-order valence-electron chi connectivity index (χ2n) is 9.53. The molecule has 10 nitrogen and oxygen atoms in total. The van der Waals surface area contributed by atoms with Gasteiger partial charge < -0.3 is 16.2 Å². The number of carbonyl (C=O) groups excluding carboxylic acids is 4. The molecule has 2 aromatic carbocycles. The minimum atomic E-state index is -4.70. The molecule has 2 aliphatic rings. The number of aliphatic carboxylic acids is 1. The number of imide groups is 1. The van der Waals surface area contributed by atoms with E-state index in [9.17, 15) is 42.3 Å². The van der Waals surface area contributed by atoms with Crippen molar-refractivity contribution in [1.82, 2.24) is 10.6 Å². The minimum absolute atomic E-state index is 0.00635. The number of alkyl halides is 3. The minimum Gasteiger partial charge on any atom is -0.480 e. The fourth-order valence-electron chi connectivity index (χ4n) is 5.41. The summed E-state index contributed by atoms with van der Waals surface area (Å²) in [6.45, 7) is 1.31. The number of hydrogen-bond donors (Lipinski definition) is 4. The number of ketones is 1. The maximum atomic E-state index is 13.7. The molecule has 0 radical (unpaired) electrons. The number of halogens is 3. The first-order chi connectivity index (χ1) is 18.3. The van der Waals surface area contributed by atoms with Crippen molar-refractivity contribution in [1.29, 1.82) is 0 Å². The molecule has 39 heavy (non-hydrogen) atoms. The van der Waals surface area contributed by atoms with Gasteiger partial charge in [-0.1, -0.05) is 12.1 Å². The van der Waals surface area contributed by atoms with Crippen LogP contribution in [-0.2, 0) is 20.6 Å². The van der Waals surface area contributed by atoms with E-state index in [0.29, 0.717) is 5.56 Å². The molecule has 2 aromatic rings. The molecule has 4 unspecified atom stereocenters. The number of nitrogens with two attached hydrogens (primary N) is 1. The van der Waals surface area contributed by atoms with E-state index < -0.39 is 59.0 Å². The fraction of sp³-hybridized carbons (Fsp3) is 0.346. The van der Waals surface area contributed by atoms with Crippen molar-refractivity contribution < 1.29 is 42.3 Å².